The van der Waals surface area contributed by atoms with Crippen molar-refractivity contribution in [1.29, 1.82) is 0 Å². The van der Waals surface area contributed by atoms with Crippen molar-refractivity contribution >= 4 is 11.3 Å². The van der Waals surface area contributed by atoms with Gasteiger partial charge in [0.05, 0.1) is 5.92 Å². The molecule has 1 fully saturated rings. The minimum atomic E-state index is -0.00413. The molecule has 1 aliphatic rings. The highest BCUT2D eigenvalue weighted by Crippen LogP contribution is 2.29. The molecule has 3 aromatic rings. The molecule has 6 heteroatoms. The van der Waals surface area contributed by atoms with Crippen LogP contribution in [0.1, 0.15) is 28.6 Å². The van der Waals surface area contributed by atoms with E-state index in [1.54, 1.807) is 11.3 Å². The summed E-state index contributed by atoms with van der Waals surface area (Å²) in [6, 6.07) is 8.17. The van der Waals surface area contributed by atoms with Gasteiger partial charge in [0.25, 0.3) is 0 Å². The third-order valence-electron chi connectivity index (χ3n) is 3.57. The number of thiophene rings is 1. The van der Waals surface area contributed by atoms with Crippen molar-refractivity contribution in [3.8, 4) is 0 Å². The van der Waals surface area contributed by atoms with Crippen molar-refractivity contribution in [2.45, 2.75) is 12.0 Å². The van der Waals surface area contributed by atoms with Crippen LogP contribution in [0.25, 0.3) is 0 Å². The standard InChI is InChI=1S/C14H14N4OS/c1-2-6-18(5-1)12(11-4-3-7-20-11)13-16-14(19-17-13)10-8-15-9-10/h1-7,10,12,15H,8-9H2/t12-/m0/s1. The molecule has 1 aliphatic heterocycles. The Morgan fingerprint density at radius 1 is 1.30 bits per heavy atom. The molecular formula is C14H14N4OS. The predicted octanol–water partition coefficient (Wildman–Crippen LogP) is 2.26. The molecule has 1 N–H and O–H groups in total. The fourth-order valence-electron chi connectivity index (χ4n) is 2.36. The Hall–Kier alpha value is -1.92. The first-order valence-electron chi connectivity index (χ1n) is 6.62. The van der Waals surface area contributed by atoms with Crippen LogP contribution in [0.4, 0.5) is 0 Å². The molecule has 1 atom stereocenters. The summed E-state index contributed by atoms with van der Waals surface area (Å²) in [5.74, 6) is 1.84. The van der Waals surface area contributed by atoms with Gasteiger partial charge in [-0.2, -0.15) is 4.98 Å². The first kappa shape index (κ1) is 11.9. The van der Waals surface area contributed by atoms with E-state index in [1.807, 2.05) is 30.6 Å². The van der Waals surface area contributed by atoms with Crippen LogP contribution < -0.4 is 5.32 Å². The average Bonchev–Trinajstić information content (AvgIpc) is 3.10. The van der Waals surface area contributed by atoms with Crippen LogP contribution in [0.3, 0.4) is 0 Å². The maximum Gasteiger partial charge on any atom is 0.232 e. The van der Waals surface area contributed by atoms with Crippen molar-refractivity contribution in [3.05, 3.63) is 58.6 Å². The smallest absolute Gasteiger partial charge is 0.232 e. The van der Waals surface area contributed by atoms with E-state index >= 15 is 0 Å². The summed E-state index contributed by atoms with van der Waals surface area (Å²) in [5.41, 5.74) is 0. The van der Waals surface area contributed by atoms with E-state index < -0.39 is 0 Å². The highest BCUT2D eigenvalue weighted by atomic mass is 32.1. The first-order valence-corrected chi connectivity index (χ1v) is 7.50. The fraction of sp³-hybridized carbons (Fsp3) is 0.286. The molecule has 0 bridgehead atoms. The van der Waals surface area contributed by atoms with E-state index in [9.17, 15) is 0 Å². The first-order chi connectivity index (χ1) is 9.92. The average molecular weight is 286 g/mol. The van der Waals surface area contributed by atoms with Gasteiger partial charge in [0, 0.05) is 30.4 Å². The third kappa shape index (κ3) is 1.97. The third-order valence-corrected chi connectivity index (χ3v) is 4.50. The number of nitrogens with zero attached hydrogens (tertiary/aromatic N) is 3. The number of hydrogen-bond acceptors (Lipinski definition) is 5. The number of aromatic nitrogens is 3. The van der Waals surface area contributed by atoms with Crippen LogP contribution in [0.15, 0.2) is 46.6 Å². The van der Waals surface area contributed by atoms with Crippen LogP contribution in [0.5, 0.6) is 0 Å². The molecule has 0 unspecified atom stereocenters. The normalized spacial score (nSPS) is 17.0. The predicted molar refractivity (Wildman–Crippen MR) is 75.9 cm³/mol. The van der Waals surface area contributed by atoms with Gasteiger partial charge in [0.2, 0.25) is 5.89 Å². The highest BCUT2D eigenvalue weighted by molar-refractivity contribution is 7.10. The van der Waals surface area contributed by atoms with Crippen LogP contribution in [-0.4, -0.2) is 27.8 Å². The molecule has 0 spiro atoms. The molecule has 0 amide bonds. The second kappa shape index (κ2) is 4.88. The minimum Gasteiger partial charge on any atom is -0.339 e. The van der Waals surface area contributed by atoms with Crippen LogP contribution >= 0.6 is 11.3 Å². The maximum atomic E-state index is 5.44. The largest absolute Gasteiger partial charge is 0.339 e. The van der Waals surface area contributed by atoms with Crippen LogP contribution in [0.2, 0.25) is 0 Å². The second-order valence-electron chi connectivity index (χ2n) is 4.89. The molecule has 0 saturated carbocycles. The van der Waals surface area contributed by atoms with Crippen molar-refractivity contribution in [1.82, 2.24) is 20.0 Å². The van der Waals surface area contributed by atoms with E-state index in [1.165, 1.54) is 4.88 Å². The van der Waals surface area contributed by atoms with Gasteiger partial charge in [-0.3, -0.25) is 0 Å². The summed E-state index contributed by atoms with van der Waals surface area (Å²) in [6.07, 6.45) is 4.07. The maximum absolute atomic E-state index is 5.44. The van der Waals surface area contributed by atoms with Gasteiger partial charge in [0.15, 0.2) is 5.82 Å². The van der Waals surface area contributed by atoms with Gasteiger partial charge in [-0.05, 0) is 23.6 Å². The van der Waals surface area contributed by atoms with Crippen molar-refractivity contribution < 1.29 is 4.52 Å². The van der Waals surface area contributed by atoms with E-state index in [0.29, 0.717) is 5.92 Å². The van der Waals surface area contributed by atoms with Crippen LogP contribution in [-0.2, 0) is 0 Å². The highest BCUT2D eigenvalue weighted by Gasteiger charge is 2.28. The fourth-order valence-corrected chi connectivity index (χ4v) is 3.19. The van der Waals surface area contributed by atoms with Crippen molar-refractivity contribution in [2.75, 3.05) is 13.1 Å². The lowest BCUT2D eigenvalue weighted by Gasteiger charge is -2.22. The monoisotopic (exact) mass is 286 g/mol. The van der Waals surface area contributed by atoms with Crippen molar-refractivity contribution in [2.24, 2.45) is 0 Å². The Morgan fingerprint density at radius 3 is 2.80 bits per heavy atom. The van der Waals surface area contributed by atoms with E-state index in [4.69, 9.17) is 4.52 Å². The second-order valence-corrected chi connectivity index (χ2v) is 5.87. The summed E-state index contributed by atoms with van der Waals surface area (Å²) in [4.78, 5) is 5.82. The summed E-state index contributed by atoms with van der Waals surface area (Å²) in [6.45, 7) is 1.85. The molecular weight excluding hydrogens is 272 g/mol. The zero-order valence-electron chi connectivity index (χ0n) is 10.8. The summed E-state index contributed by atoms with van der Waals surface area (Å²) in [5, 5.41) is 9.50. The summed E-state index contributed by atoms with van der Waals surface area (Å²) in [7, 11) is 0. The molecule has 0 aliphatic carbocycles. The zero-order chi connectivity index (χ0) is 13.4. The van der Waals surface area contributed by atoms with Gasteiger partial charge < -0.3 is 14.4 Å². The SMILES string of the molecule is c1csc([C@@H](c2noc(C3CNC3)n2)n2cccc2)c1. The molecule has 20 heavy (non-hydrogen) atoms. The quantitative estimate of drug-likeness (QED) is 0.799. The number of rotatable bonds is 4. The van der Waals surface area contributed by atoms with Gasteiger partial charge in [-0.25, -0.2) is 0 Å². The lowest BCUT2D eigenvalue weighted by Crippen LogP contribution is -2.40. The Morgan fingerprint density at radius 2 is 2.15 bits per heavy atom. The Bertz CT molecular complexity index is 636. The summed E-state index contributed by atoms with van der Waals surface area (Å²) < 4.78 is 7.55. The Kier molecular flexibility index (Phi) is 2.90. The topological polar surface area (TPSA) is 55.9 Å². The zero-order valence-corrected chi connectivity index (χ0v) is 11.6. The lowest BCUT2D eigenvalue weighted by molar-refractivity contribution is 0.305. The van der Waals surface area contributed by atoms with Gasteiger partial charge in [-0.15, -0.1) is 11.3 Å². The van der Waals surface area contributed by atoms with Gasteiger partial charge >= 0.3 is 0 Å². The molecule has 0 radical (unpaired) electrons. The molecule has 3 aromatic heterocycles. The van der Waals surface area contributed by atoms with Crippen molar-refractivity contribution in [3.63, 3.8) is 0 Å². The number of nitrogens with one attached hydrogen (secondary N) is 1. The van der Waals surface area contributed by atoms with E-state index in [-0.39, 0.29) is 6.04 Å². The molecule has 1 saturated heterocycles. The van der Waals surface area contributed by atoms with Gasteiger partial charge in [-0.1, -0.05) is 11.2 Å². The van der Waals surface area contributed by atoms with Crippen LogP contribution in [0, 0.1) is 0 Å². The molecule has 0 aromatic carbocycles. The van der Waals surface area contributed by atoms with Gasteiger partial charge in [0.1, 0.15) is 6.04 Å². The summed E-state index contributed by atoms with van der Waals surface area (Å²) >= 11 is 1.71. The Balaban J connectivity index is 1.72. The molecule has 5 nitrogen and oxygen atoms in total. The van der Waals surface area contributed by atoms with E-state index in [0.717, 1.165) is 24.8 Å². The molecule has 4 heterocycles. The minimum absolute atomic E-state index is 0.00413. The van der Waals surface area contributed by atoms with E-state index in [2.05, 4.69) is 31.5 Å². The Labute approximate surface area is 120 Å². The molecule has 4 rings (SSSR count). The lowest BCUT2D eigenvalue weighted by atomic mass is 10.0. The number of hydrogen-bond donors (Lipinski definition) is 1. The molecule has 102 valence electrons.